The molecule has 0 saturated carbocycles. The van der Waals surface area contributed by atoms with Crippen LogP contribution in [-0.2, 0) is 14.3 Å². The van der Waals surface area contributed by atoms with Crippen molar-refractivity contribution in [3.8, 4) is 0 Å². The highest BCUT2D eigenvalue weighted by Gasteiger charge is 2.35. The van der Waals surface area contributed by atoms with Crippen LogP contribution in [0.3, 0.4) is 0 Å². The molecule has 6 heteroatoms. The maximum atomic E-state index is 12.7. The zero-order chi connectivity index (χ0) is 20.3. The van der Waals surface area contributed by atoms with E-state index in [9.17, 15) is 14.4 Å². The first kappa shape index (κ1) is 19.6. The molecule has 2 aromatic rings. The number of amides is 2. The summed E-state index contributed by atoms with van der Waals surface area (Å²) in [5.74, 6) is -1.18. The van der Waals surface area contributed by atoms with E-state index in [0.29, 0.717) is 17.8 Å². The molecule has 6 nitrogen and oxygen atoms in total. The van der Waals surface area contributed by atoms with Crippen molar-refractivity contribution in [1.82, 2.24) is 0 Å². The number of rotatable bonds is 5. The Morgan fingerprint density at radius 3 is 2.54 bits per heavy atom. The van der Waals surface area contributed by atoms with Crippen LogP contribution in [0.2, 0.25) is 0 Å². The van der Waals surface area contributed by atoms with Gasteiger partial charge in [0.25, 0.3) is 0 Å². The van der Waals surface area contributed by atoms with Gasteiger partial charge in [-0.15, -0.1) is 0 Å². The maximum absolute atomic E-state index is 12.7. The first-order chi connectivity index (χ1) is 13.4. The summed E-state index contributed by atoms with van der Waals surface area (Å²) in [4.78, 5) is 38.7. The summed E-state index contributed by atoms with van der Waals surface area (Å²) >= 11 is 0. The van der Waals surface area contributed by atoms with Gasteiger partial charge in [-0.1, -0.05) is 12.1 Å². The minimum atomic E-state index is -0.445. The Bertz CT molecular complexity index is 902. The highest BCUT2D eigenvalue weighted by molar-refractivity contribution is 6.04. The van der Waals surface area contributed by atoms with E-state index in [-0.39, 0.29) is 24.8 Å². The summed E-state index contributed by atoms with van der Waals surface area (Å²) in [6, 6.07) is 12.6. The van der Waals surface area contributed by atoms with Gasteiger partial charge in [-0.2, -0.15) is 0 Å². The number of hydrogen-bond acceptors (Lipinski definition) is 4. The molecule has 146 valence electrons. The molecule has 1 fully saturated rings. The van der Waals surface area contributed by atoms with Crippen LogP contribution >= 0.6 is 0 Å². The molecule has 2 aromatic carbocycles. The number of carbonyl (C=O) groups excluding carboxylic acids is 3. The Morgan fingerprint density at radius 2 is 1.86 bits per heavy atom. The Kier molecular flexibility index (Phi) is 5.78. The van der Waals surface area contributed by atoms with Crippen LogP contribution in [0.5, 0.6) is 0 Å². The lowest BCUT2D eigenvalue weighted by Gasteiger charge is -2.18. The standard InChI is InChI=1S/C22H24N2O4/c1-4-28-22(27)16-6-5-7-18(11-16)23-21(26)17-12-20(25)24(13-17)19-9-14(2)8-15(3)10-19/h5-11,17H,4,12-13H2,1-3H3,(H,23,26). The highest BCUT2D eigenvalue weighted by atomic mass is 16.5. The molecule has 3 rings (SSSR count). The first-order valence-electron chi connectivity index (χ1n) is 9.34. The minimum Gasteiger partial charge on any atom is -0.462 e. The van der Waals surface area contributed by atoms with Crippen molar-refractivity contribution in [2.24, 2.45) is 5.92 Å². The topological polar surface area (TPSA) is 75.7 Å². The van der Waals surface area contributed by atoms with Gasteiger partial charge >= 0.3 is 5.97 Å². The van der Waals surface area contributed by atoms with Crippen LogP contribution in [0.4, 0.5) is 11.4 Å². The van der Waals surface area contributed by atoms with E-state index < -0.39 is 11.9 Å². The molecule has 1 heterocycles. The fourth-order valence-corrected chi connectivity index (χ4v) is 3.42. The van der Waals surface area contributed by atoms with Crippen molar-refractivity contribution >= 4 is 29.2 Å². The van der Waals surface area contributed by atoms with E-state index in [2.05, 4.69) is 5.32 Å². The molecular weight excluding hydrogens is 356 g/mol. The summed E-state index contributed by atoms with van der Waals surface area (Å²) in [6.45, 7) is 6.33. The van der Waals surface area contributed by atoms with Crippen LogP contribution in [0.15, 0.2) is 42.5 Å². The van der Waals surface area contributed by atoms with Gasteiger partial charge in [-0.25, -0.2) is 4.79 Å². The number of benzene rings is 2. The summed E-state index contributed by atoms with van der Waals surface area (Å²) in [7, 11) is 0. The van der Waals surface area contributed by atoms with E-state index in [1.165, 1.54) is 0 Å². The van der Waals surface area contributed by atoms with E-state index >= 15 is 0 Å². The molecule has 28 heavy (non-hydrogen) atoms. The number of carbonyl (C=O) groups is 3. The SMILES string of the molecule is CCOC(=O)c1cccc(NC(=O)C2CC(=O)N(c3cc(C)cc(C)c3)C2)c1. The largest absolute Gasteiger partial charge is 0.462 e. The van der Waals surface area contributed by atoms with Gasteiger partial charge in [-0.3, -0.25) is 9.59 Å². The van der Waals surface area contributed by atoms with Crippen LogP contribution < -0.4 is 10.2 Å². The van der Waals surface area contributed by atoms with Gasteiger partial charge in [0.15, 0.2) is 0 Å². The third-order valence-electron chi connectivity index (χ3n) is 4.66. The van der Waals surface area contributed by atoms with Crippen LogP contribution in [0, 0.1) is 19.8 Å². The molecule has 0 spiro atoms. The van der Waals surface area contributed by atoms with Gasteiger partial charge in [0.2, 0.25) is 11.8 Å². The molecule has 1 saturated heterocycles. The van der Waals surface area contributed by atoms with Crippen molar-refractivity contribution in [3.63, 3.8) is 0 Å². The lowest BCUT2D eigenvalue weighted by Crippen LogP contribution is -2.28. The summed E-state index contributed by atoms with van der Waals surface area (Å²) in [6.07, 6.45) is 0.163. The monoisotopic (exact) mass is 380 g/mol. The lowest BCUT2D eigenvalue weighted by atomic mass is 10.1. The van der Waals surface area contributed by atoms with Crippen LogP contribution in [-0.4, -0.2) is 30.9 Å². The quantitative estimate of drug-likeness (QED) is 0.806. The molecule has 1 atom stereocenters. The van der Waals surface area contributed by atoms with E-state index in [1.54, 1.807) is 36.1 Å². The van der Waals surface area contributed by atoms with Gasteiger partial charge in [-0.05, 0) is 62.2 Å². The van der Waals surface area contributed by atoms with Crippen molar-refractivity contribution in [2.75, 3.05) is 23.4 Å². The van der Waals surface area contributed by atoms with Gasteiger partial charge in [0, 0.05) is 24.3 Å². The third kappa shape index (κ3) is 4.39. The molecule has 1 aliphatic rings. The first-order valence-corrected chi connectivity index (χ1v) is 9.34. The summed E-state index contributed by atoms with van der Waals surface area (Å²) in [5.41, 5.74) is 3.85. The van der Waals surface area contributed by atoms with E-state index in [4.69, 9.17) is 4.74 Å². The molecule has 0 aromatic heterocycles. The third-order valence-corrected chi connectivity index (χ3v) is 4.66. The Labute approximate surface area is 164 Å². The average Bonchev–Trinajstić information content (AvgIpc) is 3.03. The number of nitrogens with zero attached hydrogens (tertiary/aromatic N) is 1. The van der Waals surface area contributed by atoms with Crippen LogP contribution in [0.25, 0.3) is 0 Å². The van der Waals surface area contributed by atoms with E-state index in [1.807, 2.05) is 32.0 Å². The zero-order valence-corrected chi connectivity index (χ0v) is 16.3. The molecule has 1 aliphatic heterocycles. The van der Waals surface area contributed by atoms with Crippen molar-refractivity contribution in [1.29, 1.82) is 0 Å². The fraction of sp³-hybridized carbons (Fsp3) is 0.318. The second kappa shape index (κ2) is 8.25. The maximum Gasteiger partial charge on any atom is 0.338 e. The van der Waals surface area contributed by atoms with Crippen molar-refractivity contribution in [3.05, 3.63) is 59.2 Å². The summed E-state index contributed by atoms with van der Waals surface area (Å²) in [5, 5.41) is 2.81. The number of hydrogen-bond donors (Lipinski definition) is 1. The Hall–Kier alpha value is -3.15. The molecule has 1 N–H and O–H groups in total. The normalized spacial score (nSPS) is 16.2. The van der Waals surface area contributed by atoms with Crippen LogP contribution in [0.1, 0.15) is 34.8 Å². The van der Waals surface area contributed by atoms with Gasteiger partial charge in [0.05, 0.1) is 18.1 Å². The van der Waals surface area contributed by atoms with Crippen molar-refractivity contribution < 1.29 is 19.1 Å². The van der Waals surface area contributed by atoms with Gasteiger partial charge < -0.3 is 15.0 Å². The number of ether oxygens (including phenoxy) is 1. The predicted octanol–water partition coefficient (Wildman–Crippen LogP) is 3.47. The molecule has 0 radical (unpaired) electrons. The number of esters is 1. The Morgan fingerprint density at radius 1 is 1.14 bits per heavy atom. The predicted molar refractivity (Wildman–Crippen MR) is 107 cm³/mol. The molecule has 1 unspecified atom stereocenters. The Balaban J connectivity index is 1.70. The molecular formula is C22H24N2O4. The molecule has 0 aliphatic carbocycles. The second-order valence-corrected chi connectivity index (χ2v) is 7.04. The number of aryl methyl sites for hydroxylation is 2. The summed E-state index contributed by atoms with van der Waals surface area (Å²) < 4.78 is 4.98. The lowest BCUT2D eigenvalue weighted by molar-refractivity contribution is -0.122. The molecule has 0 bridgehead atoms. The fourth-order valence-electron chi connectivity index (χ4n) is 3.42. The number of nitrogens with one attached hydrogen (secondary N) is 1. The smallest absolute Gasteiger partial charge is 0.338 e. The van der Waals surface area contributed by atoms with E-state index in [0.717, 1.165) is 16.8 Å². The minimum absolute atomic E-state index is 0.0644. The number of anilines is 2. The zero-order valence-electron chi connectivity index (χ0n) is 16.3. The highest BCUT2D eigenvalue weighted by Crippen LogP contribution is 2.28. The average molecular weight is 380 g/mol. The molecule has 2 amide bonds. The van der Waals surface area contributed by atoms with Gasteiger partial charge in [0.1, 0.15) is 0 Å². The second-order valence-electron chi connectivity index (χ2n) is 7.04. The van der Waals surface area contributed by atoms with Crippen molar-refractivity contribution in [2.45, 2.75) is 27.2 Å².